The summed E-state index contributed by atoms with van der Waals surface area (Å²) in [4.78, 5) is 36.1. The van der Waals surface area contributed by atoms with Gasteiger partial charge in [0.1, 0.15) is 11.4 Å². The maximum atomic E-state index is 13.1. The minimum Gasteiger partial charge on any atom is -0.444 e. The minimum atomic E-state index is -0.844. The van der Waals surface area contributed by atoms with Crippen LogP contribution in [0.25, 0.3) is 22.6 Å². The Kier molecular flexibility index (Phi) is 7.63. The van der Waals surface area contributed by atoms with Gasteiger partial charge >= 0.3 is 6.09 Å². The number of benzene rings is 1. The van der Waals surface area contributed by atoms with Crippen molar-refractivity contribution in [2.45, 2.75) is 32.8 Å². The van der Waals surface area contributed by atoms with E-state index in [-0.39, 0.29) is 5.76 Å². The second-order valence-electron chi connectivity index (χ2n) is 9.14. The van der Waals surface area contributed by atoms with Gasteiger partial charge in [0.25, 0.3) is 11.9 Å². The first kappa shape index (κ1) is 26.0. The summed E-state index contributed by atoms with van der Waals surface area (Å²) in [5, 5.41) is 9.03. The zero-order chi connectivity index (χ0) is 26.6. The Labute approximate surface area is 217 Å². The Morgan fingerprint density at radius 2 is 1.95 bits per heavy atom. The molecule has 0 aliphatic carbocycles. The third-order valence-corrected chi connectivity index (χ3v) is 5.29. The van der Waals surface area contributed by atoms with Gasteiger partial charge in [0.2, 0.25) is 0 Å². The fraction of sp³-hybridized carbons (Fsp3) is 0.280. The number of ether oxygens (including phenoxy) is 1. The number of carbonyl (C=O) groups excluding carboxylic acids is 2. The molecule has 0 atom stereocenters. The number of furan rings is 1. The van der Waals surface area contributed by atoms with Crippen LogP contribution >= 0.6 is 11.6 Å². The van der Waals surface area contributed by atoms with E-state index in [1.807, 2.05) is 26.8 Å². The smallest absolute Gasteiger partial charge is 0.407 e. The molecule has 0 unspecified atom stereocenters. The molecule has 0 bridgehead atoms. The van der Waals surface area contributed by atoms with Gasteiger partial charge in [0.15, 0.2) is 11.4 Å². The second-order valence-corrected chi connectivity index (χ2v) is 9.55. The van der Waals surface area contributed by atoms with Gasteiger partial charge in [0, 0.05) is 30.4 Å². The summed E-state index contributed by atoms with van der Waals surface area (Å²) in [6.45, 7) is 6.51. The first-order chi connectivity index (χ1) is 17.6. The molecular weight excluding hydrogens is 503 g/mol. The minimum absolute atomic E-state index is 0.150. The molecule has 0 aliphatic rings. The van der Waals surface area contributed by atoms with Crippen LogP contribution in [-0.2, 0) is 4.74 Å². The van der Waals surface area contributed by atoms with Crippen molar-refractivity contribution in [2.24, 2.45) is 0 Å². The summed E-state index contributed by atoms with van der Waals surface area (Å²) in [7, 11) is 0. The lowest BCUT2D eigenvalue weighted by atomic mass is 10.2. The van der Waals surface area contributed by atoms with Crippen LogP contribution in [0.4, 0.5) is 20.6 Å². The predicted molar refractivity (Wildman–Crippen MR) is 138 cm³/mol. The number of rotatable bonds is 8. The Morgan fingerprint density at radius 3 is 2.68 bits per heavy atom. The highest BCUT2D eigenvalue weighted by molar-refractivity contribution is 6.33. The van der Waals surface area contributed by atoms with E-state index in [1.165, 1.54) is 6.07 Å². The Balaban J connectivity index is 1.38. The summed E-state index contributed by atoms with van der Waals surface area (Å²) < 4.78 is 23.0. The number of nitrogens with zero attached hydrogens (tertiary/aromatic N) is 2. The van der Waals surface area contributed by atoms with Crippen molar-refractivity contribution < 1.29 is 23.1 Å². The number of amides is 2. The molecule has 0 radical (unpaired) electrons. The quantitative estimate of drug-likeness (QED) is 0.219. The van der Waals surface area contributed by atoms with Crippen molar-refractivity contribution in [3.05, 3.63) is 59.4 Å². The van der Waals surface area contributed by atoms with E-state index in [4.69, 9.17) is 20.8 Å². The van der Waals surface area contributed by atoms with Crippen LogP contribution in [0, 0.1) is 6.01 Å². The Morgan fingerprint density at radius 1 is 1.14 bits per heavy atom. The number of hydrogen-bond donors (Lipinski definition) is 4. The maximum Gasteiger partial charge on any atom is 0.407 e. The summed E-state index contributed by atoms with van der Waals surface area (Å²) in [6, 6.07) is 8.21. The number of H-pyrrole nitrogens is 1. The van der Waals surface area contributed by atoms with Crippen LogP contribution in [0.2, 0.25) is 5.02 Å². The highest BCUT2D eigenvalue weighted by atomic mass is 35.5. The van der Waals surface area contributed by atoms with Gasteiger partial charge in [-0.2, -0.15) is 4.39 Å². The van der Waals surface area contributed by atoms with Crippen LogP contribution in [-0.4, -0.2) is 45.6 Å². The first-order valence-corrected chi connectivity index (χ1v) is 11.9. The van der Waals surface area contributed by atoms with E-state index in [0.29, 0.717) is 52.8 Å². The van der Waals surface area contributed by atoms with Gasteiger partial charge in [-0.1, -0.05) is 11.6 Å². The number of pyridine rings is 1. The van der Waals surface area contributed by atoms with E-state index >= 15 is 0 Å². The van der Waals surface area contributed by atoms with Gasteiger partial charge < -0.3 is 30.1 Å². The number of anilines is 2. The lowest BCUT2D eigenvalue weighted by molar-refractivity contribution is 0.0527. The van der Waals surface area contributed by atoms with E-state index in [1.54, 1.807) is 24.4 Å². The molecule has 2 amide bonds. The second kappa shape index (κ2) is 10.9. The molecule has 4 aromatic rings. The highest BCUT2D eigenvalue weighted by Gasteiger charge is 2.16. The summed E-state index contributed by atoms with van der Waals surface area (Å²) >= 11 is 6.39. The molecule has 4 rings (SSSR count). The van der Waals surface area contributed by atoms with Crippen molar-refractivity contribution >= 4 is 46.1 Å². The van der Waals surface area contributed by atoms with Crippen molar-refractivity contribution in [2.75, 3.05) is 23.7 Å². The number of halogens is 2. The molecule has 0 saturated carbocycles. The third kappa shape index (κ3) is 6.98. The van der Waals surface area contributed by atoms with Crippen LogP contribution in [0.15, 0.2) is 47.0 Å². The zero-order valence-electron chi connectivity index (χ0n) is 20.4. The molecule has 3 heterocycles. The molecule has 3 aromatic heterocycles. The molecule has 12 heteroatoms. The molecule has 0 saturated heterocycles. The number of imidazole rings is 1. The average Bonchev–Trinajstić information content (AvgIpc) is 3.44. The van der Waals surface area contributed by atoms with Crippen molar-refractivity contribution in [1.82, 2.24) is 20.3 Å². The van der Waals surface area contributed by atoms with Crippen molar-refractivity contribution in [1.29, 1.82) is 0 Å². The molecule has 4 N–H and O–H groups in total. The SMILES string of the molecule is CC(C)(C)OC(=O)NCCCNc1cnc2nc(-c3cc(NC(=O)c4ccc(F)o4)ccc3Cl)[nH]c2c1. The number of fused-ring (bicyclic) bond motifs is 1. The van der Waals surface area contributed by atoms with Gasteiger partial charge in [-0.05, 0) is 57.5 Å². The molecule has 0 fully saturated rings. The molecule has 1 aromatic carbocycles. The molecule has 0 aliphatic heterocycles. The summed E-state index contributed by atoms with van der Waals surface area (Å²) in [5.74, 6) is -0.283. The largest absolute Gasteiger partial charge is 0.444 e. The number of hydrogen-bond acceptors (Lipinski definition) is 7. The van der Waals surface area contributed by atoms with Crippen molar-refractivity contribution in [3.8, 4) is 11.4 Å². The number of carbonyl (C=O) groups is 2. The van der Waals surface area contributed by atoms with Crippen LogP contribution in [0.1, 0.15) is 37.7 Å². The lowest BCUT2D eigenvalue weighted by Crippen LogP contribution is -2.33. The average molecular weight is 529 g/mol. The van der Waals surface area contributed by atoms with Crippen LogP contribution in [0.3, 0.4) is 0 Å². The summed E-state index contributed by atoms with van der Waals surface area (Å²) in [5.41, 5.74) is 2.39. The van der Waals surface area contributed by atoms with E-state index in [2.05, 4.69) is 30.9 Å². The lowest BCUT2D eigenvalue weighted by Gasteiger charge is -2.19. The van der Waals surface area contributed by atoms with Crippen LogP contribution < -0.4 is 16.0 Å². The van der Waals surface area contributed by atoms with Crippen molar-refractivity contribution in [3.63, 3.8) is 0 Å². The van der Waals surface area contributed by atoms with Gasteiger partial charge in [-0.25, -0.2) is 14.8 Å². The first-order valence-electron chi connectivity index (χ1n) is 11.5. The number of aromatic nitrogens is 3. The number of aromatic amines is 1. The third-order valence-electron chi connectivity index (χ3n) is 4.96. The number of alkyl carbamates (subject to hydrolysis) is 1. The van der Waals surface area contributed by atoms with Crippen LogP contribution in [0.5, 0.6) is 0 Å². The monoisotopic (exact) mass is 528 g/mol. The number of nitrogens with one attached hydrogen (secondary N) is 4. The van der Waals surface area contributed by atoms with Gasteiger partial charge in [-0.15, -0.1) is 0 Å². The molecular formula is C25H26ClFN6O4. The van der Waals surface area contributed by atoms with E-state index in [0.717, 1.165) is 11.8 Å². The van der Waals surface area contributed by atoms with E-state index in [9.17, 15) is 14.0 Å². The Bertz CT molecular complexity index is 1430. The Hall–Kier alpha value is -4.12. The molecule has 194 valence electrons. The molecule has 0 spiro atoms. The topological polar surface area (TPSA) is 134 Å². The predicted octanol–water partition coefficient (Wildman–Crippen LogP) is 5.59. The summed E-state index contributed by atoms with van der Waals surface area (Å²) in [6.07, 6.45) is 1.90. The highest BCUT2D eigenvalue weighted by Crippen LogP contribution is 2.30. The van der Waals surface area contributed by atoms with Gasteiger partial charge in [0.05, 0.1) is 22.4 Å². The molecule has 37 heavy (non-hydrogen) atoms. The normalized spacial score (nSPS) is 11.4. The standard InChI is InChI=1S/C25H26ClFN6O4/c1-25(2,3)37-24(35)29-10-4-9-28-15-12-18-22(30-13-15)33-21(32-18)16-11-14(5-6-17(16)26)31-23(34)19-7-8-20(27)36-19/h5-8,11-13,28H,4,9-10H2,1-3H3,(H,29,35)(H,31,34)(H,30,32,33). The fourth-order valence-electron chi connectivity index (χ4n) is 3.36. The zero-order valence-corrected chi connectivity index (χ0v) is 21.2. The van der Waals surface area contributed by atoms with E-state index < -0.39 is 23.6 Å². The van der Waals surface area contributed by atoms with Gasteiger partial charge in [-0.3, -0.25) is 4.79 Å². The molecule has 10 nitrogen and oxygen atoms in total. The fourth-order valence-corrected chi connectivity index (χ4v) is 3.57. The maximum absolute atomic E-state index is 13.1.